The minimum absolute atomic E-state index is 0.160. The molecular formula is C7H9ClN2OS. The Morgan fingerprint density at radius 1 is 1.92 bits per heavy atom. The lowest BCUT2D eigenvalue weighted by molar-refractivity contribution is -0.120. The topological polar surface area (TPSA) is 42.0 Å². The summed E-state index contributed by atoms with van der Waals surface area (Å²) in [6, 6.07) is 0. The van der Waals surface area contributed by atoms with Crippen LogP contribution in [0.15, 0.2) is 11.6 Å². The van der Waals surface area contributed by atoms with Crippen molar-refractivity contribution in [3.63, 3.8) is 0 Å². The van der Waals surface area contributed by atoms with E-state index in [-0.39, 0.29) is 5.91 Å². The zero-order valence-corrected chi connectivity index (χ0v) is 8.15. The van der Waals surface area contributed by atoms with E-state index in [0.29, 0.717) is 6.54 Å². The van der Waals surface area contributed by atoms with Crippen LogP contribution < -0.4 is 5.32 Å². The molecule has 1 unspecified atom stereocenters. The van der Waals surface area contributed by atoms with Gasteiger partial charge in [-0.15, -0.1) is 22.9 Å². The van der Waals surface area contributed by atoms with Crippen LogP contribution in [0.3, 0.4) is 0 Å². The number of carbonyl (C=O) groups excluding carboxylic acids is 1. The van der Waals surface area contributed by atoms with Gasteiger partial charge >= 0.3 is 0 Å². The summed E-state index contributed by atoms with van der Waals surface area (Å²) in [6.45, 7) is 2.10. The molecule has 5 heteroatoms. The molecule has 0 spiro atoms. The van der Waals surface area contributed by atoms with Crippen molar-refractivity contribution in [1.82, 2.24) is 10.3 Å². The van der Waals surface area contributed by atoms with E-state index >= 15 is 0 Å². The minimum Gasteiger partial charge on any atom is -0.348 e. The molecule has 1 heterocycles. The third-order valence-corrected chi connectivity index (χ3v) is 2.24. The monoisotopic (exact) mass is 204 g/mol. The maximum absolute atomic E-state index is 11.0. The van der Waals surface area contributed by atoms with Gasteiger partial charge < -0.3 is 5.32 Å². The van der Waals surface area contributed by atoms with E-state index in [1.807, 2.05) is 5.38 Å². The second kappa shape index (κ2) is 4.42. The van der Waals surface area contributed by atoms with E-state index in [0.717, 1.165) is 5.01 Å². The summed E-state index contributed by atoms with van der Waals surface area (Å²) >= 11 is 7.05. The van der Waals surface area contributed by atoms with Crippen LogP contribution in [-0.4, -0.2) is 16.3 Å². The van der Waals surface area contributed by atoms with Crippen LogP contribution in [0.25, 0.3) is 0 Å². The quantitative estimate of drug-likeness (QED) is 0.757. The second-order valence-electron chi connectivity index (χ2n) is 2.26. The van der Waals surface area contributed by atoms with Crippen molar-refractivity contribution in [2.75, 3.05) is 0 Å². The van der Waals surface area contributed by atoms with Crippen molar-refractivity contribution >= 4 is 28.8 Å². The summed E-state index contributed by atoms with van der Waals surface area (Å²) < 4.78 is 0. The molecule has 0 bridgehead atoms. The second-order valence-corrected chi connectivity index (χ2v) is 3.89. The number of carbonyl (C=O) groups is 1. The molecule has 1 rings (SSSR count). The fraction of sp³-hybridized carbons (Fsp3) is 0.429. The maximum Gasteiger partial charge on any atom is 0.238 e. The van der Waals surface area contributed by atoms with E-state index in [1.165, 1.54) is 11.3 Å². The summed E-state index contributed by atoms with van der Waals surface area (Å²) in [5.41, 5.74) is 0. The van der Waals surface area contributed by atoms with Gasteiger partial charge in [0, 0.05) is 11.6 Å². The van der Waals surface area contributed by atoms with Gasteiger partial charge in [-0.05, 0) is 6.92 Å². The number of hydrogen-bond acceptors (Lipinski definition) is 3. The highest BCUT2D eigenvalue weighted by Gasteiger charge is 2.08. The minimum atomic E-state index is -0.482. The Bertz CT molecular complexity index is 248. The van der Waals surface area contributed by atoms with Crippen LogP contribution in [0, 0.1) is 0 Å². The van der Waals surface area contributed by atoms with Crippen LogP contribution in [-0.2, 0) is 11.3 Å². The Balaban J connectivity index is 2.32. The first-order valence-electron chi connectivity index (χ1n) is 3.50. The summed E-state index contributed by atoms with van der Waals surface area (Å²) in [5, 5.41) is 4.94. The van der Waals surface area contributed by atoms with Gasteiger partial charge in [0.05, 0.1) is 6.54 Å². The van der Waals surface area contributed by atoms with Gasteiger partial charge in [-0.25, -0.2) is 4.98 Å². The highest BCUT2D eigenvalue weighted by atomic mass is 35.5. The number of thiazole rings is 1. The molecule has 0 saturated carbocycles. The van der Waals surface area contributed by atoms with Gasteiger partial charge in [0.2, 0.25) is 5.91 Å². The van der Waals surface area contributed by atoms with Gasteiger partial charge in [0.1, 0.15) is 10.4 Å². The highest BCUT2D eigenvalue weighted by Crippen LogP contribution is 2.03. The Labute approximate surface area is 79.8 Å². The van der Waals surface area contributed by atoms with E-state index in [9.17, 15) is 4.79 Å². The van der Waals surface area contributed by atoms with Crippen molar-refractivity contribution in [2.24, 2.45) is 0 Å². The molecule has 1 N–H and O–H groups in total. The molecule has 0 aromatic carbocycles. The van der Waals surface area contributed by atoms with Crippen LogP contribution in [0.1, 0.15) is 11.9 Å². The number of nitrogens with one attached hydrogen (secondary N) is 1. The first kappa shape index (κ1) is 9.48. The molecule has 1 aromatic rings. The maximum atomic E-state index is 11.0. The average molecular weight is 205 g/mol. The lowest BCUT2D eigenvalue weighted by atomic mass is 10.4. The number of aromatic nitrogens is 1. The van der Waals surface area contributed by atoms with Gasteiger partial charge in [0.15, 0.2) is 0 Å². The van der Waals surface area contributed by atoms with Crippen molar-refractivity contribution in [1.29, 1.82) is 0 Å². The van der Waals surface area contributed by atoms with Gasteiger partial charge in [-0.1, -0.05) is 0 Å². The molecule has 0 aliphatic heterocycles. The van der Waals surface area contributed by atoms with E-state index in [2.05, 4.69) is 10.3 Å². The molecular weight excluding hydrogens is 196 g/mol. The number of rotatable bonds is 3. The van der Waals surface area contributed by atoms with Gasteiger partial charge in [-0.2, -0.15) is 0 Å². The molecule has 0 saturated heterocycles. The number of hydrogen-bond donors (Lipinski definition) is 1. The summed E-state index contributed by atoms with van der Waals surface area (Å²) in [4.78, 5) is 15.0. The average Bonchev–Trinajstić information content (AvgIpc) is 2.51. The van der Waals surface area contributed by atoms with Crippen molar-refractivity contribution in [2.45, 2.75) is 18.8 Å². The molecule has 0 radical (unpaired) electrons. The predicted molar refractivity (Wildman–Crippen MR) is 49.3 cm³/mol. The molecule has 12 heavy (non-hydrogen) atoms. The van der Waals surface area contributed by atoms with Crippen LogP contribution in [0.5, 0.6) is 0 Å². The van der Waals surface area contributed by atoms with Gasteiger partial charge in [-0.3, -0.25) is 4.79 Å². The molecule has 1 atom stereocenters. The zero-order chi connectivity index (χ0) is 8.97. The Morgan fingerprint density at radius 2 is 2.67 bits per heavy atom. The Morgan fingerprint density at radius 3 is 3.17 bits per heavy atom. The van der Waals surface area contributed by atoms with Crippen LogP contribution in [0.4, 0.5) is 0 Å². The molecule has 66 valence electrons. The van der Waals surface area contributed by atoms with Crippen LogP contribution >= 0.6 is 22.9 Å². The number of amides is 1. The Hall–Kier alpha value is -0.610. The Kier molecular flexibility index (Phi) is 3.49. The number of alkyl halides is 1. The van der Waals surface area contributed by atoms with Crippen LogP contribution in [0.2, 0.25) is 0 Å². The summed E-state index contributed by atoms with van der Waals surface area (Å²) in [6.07, 6.45) is 1.70. The van der Waals surface area contributed by atoms with Gasteiger partial charge in [0.25, 0.3) is 0 Å². The SMILES string of the molecule is CC(Cl)C(=O)NCc1nccs1. The van der Waals surface area contributed by atoms with Crippen molar-refractivity contribution < 1.29 is 4.79 Å². The van der Waals surface area contributed by atoms with E-state index in [1.54, 1.807) is 13.1 Å². The van der Waals surface area contributed by atoms with Crippen molar-refractivity contribution in [3.05, 3.63) is 16.6 Å². The molecule has 0 fully saturated rings. The van der Waals surface area contributed by atoms with E-state index in [4.69, 9.17) is 11.6 Å². The predicted octanol–water partition coefficient (Wildman–Crippen LogP) is 1.39. The molecule has 0 aliphatic rings. The highest BCUT2D eigenvalue weighted by molar-refractivity contribution is 7.09. The molecule has 1 amide bonds. The standard InChI is InChI=1S/C7H9ClN2OS/c1-5(8)7(11)10-4-6-9-2-3-12-6/h2-3,5H,4H2,1H3,(H,10,11). The lowest BCUT2D eigenvalue weighted by Gasteiger charge is -2.03. The smallest absolute Gasteiger partial charge is 0.238 e. The summed E-state index contributed by atoms with van der Waals surface area (Å²) in [7, 11) is 0. The third kappa shape index (κ3) is 2.79. The number of halogens is 1. The van der Waals surface area contributed by atoms with E-state index < -0.39 is 5.38 Å². The fourth-order valence-electron chi connectivity index (χ4n) is 0.644. The lowest BCUT2D eigenvalue weighted by Crippen LogP contribution is -2.28. The first-order valence-corrected chi connectivity index (χ1v) is 4.82. The fourth-order valence-corrected chi connectivity index (χ4v) is 1.28. The normalized spacial score (nSPS) is 12.5. The third-order valence-electron chi connectivity index (χ3n) is 1.26. The molecule has 1 aromatic heterocycles. The van der Waals surface area contributed by atoms with Crippen molar-refractivity contribution in [3.8, 4) is 0 Å². The first-order chi connectivity index (χ1) is 5.70. The zero-order valence-electron chi connectivity index (χ0n) is 6.58. The molecule has 3 nitrogen and oxygen atoms in total. The summed E-state index contributed by atoms with van der Waals surface area (Å²) in [5.74, 6) is -0.160. The largest absolute Gasteiger partial charge is 0.348 e. The molecule has 0 aliphatic carbocycles. The number of nitrogens with zero attached hydrogens (tertiary/aromatic N) is 1.